The standard InChI is InChI=1S/C59H115N2O6P/c1-6-8-10-12-14-16-18-20-22-24-26-27-28-29-30-31-32-33-35-37-39-41-43-45-47-49-51-53-59(63)60-57(56-67-68(64,65)66-55-54-61(3,4)5)58(62)52-50-48-46-44-42-40-38-36-34-25-23-21-19-17-15-13-11-9-7-2/h29-30,42,44,50,52,57-58,62H,6-28,31-41,43,45-49,51,53-56H2,1-5H3,(H-,60,63,64,65)/p+1/b30-29-,44-42+,52-50+. The molecule has 3 N–H and O–H groups in total. The summed E-state index contributed by atoms with van der Waals surface area (Å²) in [4.78, 5) is 23.3. The summed E-state index contributed by atoms with van der Waals surface area (Å²) in [6.07, 6.45) is 65.4. The first-order chi connectivity index (χ1) is 33.0. The zero-order chi connectivity index (χ0) is 49.9. The first-order valence-electron chi connectivity index (χ1n) is 29.4. The maximum atomic E-state index is 13.0. The number of aliphatic hydroxyl groups is 1. The minimum Gasteiger partial charge on any atom is -0.387 e. The van der Waals surface area contributed by atoms with E-state index < -0.39 is 20.0 Å². The van der Waals surface area contributed by atoms with Crippen LogP contribution in [-0.2, 0) is 18.4 Å². The van der Waals surface area contributed by atoms with E-state index in [9.17, 15) is 19.4 Å². The van der Waals surface area contributed by atoms with Crippen LogP contribution in [0.2, 0.25) is 0 Å². The van der Waals surface area contributed by atoms with Gasteiger partial charge in [0, 0.05) is 6.42 Å². The van der Waals surface area contributed by atoms with Gasteiger partial charge in [0.25, 0.3) is 0 Å². The number of allylic oxidation sites excluding steroid dienone is 5. The van der Waals surface area contributed by atoms with Crippen molar-refractivity contribution >= 4 is 13.7 Å². The quantitative estimate of drug-likeness (QED) is 0.0243. The second-order valence-electron chi connectivity index (χ2n) is 21.4. The van der Waals surface area contributed by atoms with Crippen molar-refractivity contribution < 1.29 is 32.9 Å². The molecule has 0 aromatic rings. The number of hydrogen-bond donors (Lipinski definition) is 3. The summed E-state index contributed by atoms with van der Waals surface area (Å²) in [5, 5.41) is 13.9. The third-order valence-corrected chi connectivity index (χ3v) is 14.3. The first-order valence-corrected chi connectivity index (χ1v) is 30.9. The van der Waals surface area contributed by atoms with Gasteiger partial charge in [-0.25, -0.2) is 4.57 Å². The molecule has 0 saturated carbocycles. The van der Waals surface area contributed by atoms with Crippen molar-refractivity contribution in [2.75, 3.05) is 40.9 Å². The van der Waals surface area contributed by atoms with Gasteiger partial charge in [0.15, 0.2) is 0 Å². The number of aliphatic hydroxyl groups excluding tert-OH is 1. The number of phosphoric ester groups is 1. The highest BCUT2D eigenvalue weighted by Crippen LogP contribution is 2.43. The number of quaternary nitrogens is 1. The number of rotatable bonds is 54. The minimum atomic E-state index is -4.35. The molecule has 3 atom stereocenters. The van der Waals surface area contributed by atoms with Crippen LogP contribution in [-0.4, -0.2) is 73.4 Å². The van der Waals surface area contributed by atoms with Crippen LogP contribution in [0.5, 0.6) is 0 Å². The molecule has 0 aromatic carbocycles. The highest BCUT2D eigenvalue weighted by molar-refractivity contribution is 7.47. The fourth-order valence-electron chi connectivity index (χ4n) is 8.70. The van der Waals surface area contributed by atoms with Gasteiger partial charge in [0.05, 0.1) is 39.9 Å². The van der Waals surface area contributed by atoms with Crippen LogP contribution in [0.3, 0.4) is 0 Å². The Morgan fingerprint density at radius 3 is 1.18 bits per heavy atom. The Morgan fingerprint density at radius 1 is 0.485 bits per heavy atom. The van der Waals surface area contributed by atoms with Crippen LogP contribution < -0.4 is 5.32 Å². The number of carbonyl (C=O) groups is 1. The number of nitrogens with zero attached hydrogens (tertiary/aromatic N) is 1. The lowest BCUT2D eigenvalue weighted by Crippen LogP contribution is -2.45. The van der Waals surface area contributed by atoms with Gasteiger partial charge in [-0.05, 0) is 57.8 Å². The molecule has 68 heavy (non-hydrogen) atoms. The Bertz CT molecular complexity index is 1200. The fourth-order valence-corrected chi connectivity index (χ4v) is 9.44. The summed E-state index contributed by atoms with van der Waals surface area (Å²) in [5.74, 6) is -0.184. The smallest absolute Gasteiger partial charge is 0.387 e. The molecule has 1 amide bonds. The van der Waals surface area contributed by atoms with Gasteiger partial charge in [-0.3, -0.25) is 13.8 Å². The molecule has 0 rings (SSSR count). The number of amides is 1. The van der Waals surface area contributed by atoms with Crippen LogP contribution >= 0.6 is 7.82 Å². The van der Waals surface area contributed by atoms with Crippen molar-refractivity contribution in [3.8, 4) is 0 Å². The fraction of sp³-hybridized carbons (Fsp3) is 0.881. The molecule has 0 aliphatic carbocycles. The second-order valence-corrected chi connectivity index (χ2v) is 22.8. The maximum Gasteiger partial charge on any atom is 0.472 e. The molecule has 0 heterocycles. The third-order valence-electron chi connectivity index (χ3n) is 13.3. The zero-order valence-corrected chi connectivity index (χ0v) is 46.8. The molecule has 0 bridgehead atoms. The number of hydrogen-bond acceptors (Lipinski definition) is 5. The van der Waals surface area contributed by atoms with Gasteiger partial charge in [-0.1, -0.05) is 256 Å². The summed E-state index contributed by atoms with van der Waals surface area (Å²) < 4.78 is 23.7. The van der Waals surface area contributed by atoms with E-state index in [4.69, 9.17) is 9.05 Å². The van der Waals surface area contributed by atoms with Crippen LogP contribution in [0.15, 0.2) is 36.5 Å². The molecule has 0 fully saturated rings. The van der Waals surface area contributed by atoms with Crippen LogP contribution in [0.4, 0.5) is 0 Å². The van der Waals surface area contributed by atoms with Crippen molar-refractivity contribution in [2.45, 2.75) is 296 Å². The average Bonchev–Trinajstić information content (AvgIpc) is 3.30. The molecule has 0 aliphatic rings. The highest BCUT2D eigenvalue weighted by atomic mass is 31.2. The van der Waals surface area contributed by atoms with E-state index in [0.29, 0.717) is 17.4 Å². The van der Waals surface area contributed by atoms with Crippen molar-refractivity contribution in [3.63, 3.8) is 0 Å². The largest absolute Gasteiger partial charge is 0.472 e. The molecule has 0 aliphatic heterocycles. The van der Waals surface area contributed by atoms with Gasteiger partial charge < -0.3 is 19.8 Å². The summed E-state index contributed by atoms with van der Waals surface area (Å²) in [6, 6.07) is -0.863. The molecule has 8 nitrogen and oxygen atoms in total. The van der Waals surface area contributed by atoms with Gasteiger partial charge in [-0.15, -0.1) is 0 Å². The number of nitrogens with one attached hydrogen (secondary N) is 1. The van der Waals surface area contributed by atoms with Crippen molar-refractivity contribution in [3.05, 3.63) is 36.5 Å². The van der Waals surface area contributed by atoms with Crippen molar-refractivity contribution in [1.82, 2.24) is 5.32 Å². The molecule has 0 spiro atoms. The van der Waals surface area contributed by atoms with E-state index in [1.165, 1.54) is 225 Å². The van der Waals surface area contributed by atoms with Gasteiger partial charge in [0.1, 0.15) is 13.2 Å². The van der Waals surface area contributed by atoms with Crippen molar-refractivity contribution in [2.24, 2.45) is 0 Å². The molecule has 3 unspecified atom stereocenters. The predicted octanol–water partition coefficient (Wildman–Crippen LogP) is 17.8. The van der Waals surface area contributed by atoms with E-state index in [-0.39, 0.29) is 19.1 Å². The third kappa shape index (κ3) is 52.5. The number of carbonyl (C=O) groups excluding carboxylic acids is 1. The Kier molecular flexibility index (Phi) is 49.7. The summed E-state index contributed by atoms with van der Waals surface area (Å²) in [5.41, 5.74) is 0. The lowest BCUT2D eigenvalue weighted by atomic mass is 10.0. The average molecular weight is 981 g/mol. The van der Waals surface area contributed by atoms with E-state index >= 15 is 0 Å². The monoisotopic (exact) mass is 980 g/mol. The zero-order valence-electron chi connectivity index (χ0n) is 45.9. The maximum absolute atomic E-state index is 13.0. The molecule has 0 saturated heterocycles. The first kappa shape index (κ1) is 66.7. The van der Waals surface area contributed by atoms with E-state index in [0.717, 1.165) is 38.5 Å². The summed E-state index contributed by atoms with van der Waals surface area (Å²) in [7, 11) is 1.56. The van der Waals surface area contributed by atoms with Gasteiger partial charge in [-0.2, -0.15) is 0 Å². The normalized spacial score (nSPS) is 14.2. The number of likely N-dealkylation sites (N-methyl/N-ethyl adjacent to an activating group) is 1. The van der Waals surface area contributed by atoms with E-state index in [1.807, 2.05) is 27.2 Å². The lowest BCUT2D eigenvalue weighted by molar-refractivity contribution is -0.870. The van der Waals surface area contributed by atoms with Crippen LogP contribution in [0.1, 0.15) is 284 Å². The van der Waals surface area contributed by atoms with Gasteiger partial charge in [0.2, 0.25) is 5.91 Å². The SMILES string of the molecule is CCCCCCCCCCCCCC/C=C\CCCCCCCCCCCCCC(=O)NC(COP(=O)(O)OCC[N+](C)(C)C)C(O)/C=C/CC/C=C/CCCCCCCCCCCCCCC. The second kappa shape index (κ2) is 50.7. The molecule has 9 heteroatoms. The lowest BCUT2D eigenvalue weighted by Gasteiger charge is -2.25. The number of phosphoric acid groups is 1. The Hall–Kier alpha value is -1.28. The summed E-state index contributed by atoms with van der Waals surface area (Å²) in [6.45, 7) is 4.83. The molecule has 0 aromatic heterocycles. The molecular weight excluding hydrogens is 864 g/mol. The Balaban J connectivity index is 4.19. The van der Waals surface area contributed by atoms with Crippen LogP contribution in [0.25, 0.3) is 0 Å². The molecule has 0 radical (unpaired) electrons. The Labute approximate surface area is 423 Å². The van der Waals surface area contributed by atoms with Gasteiger partial charge >= 0.3 is 7.82 Å². The van der Waals surface area contributed by atoms with E-state index in [2.05, 4.69) is 43.5 Å². The van der Waals surface area contributed by atoms with E-state index in [1.54, 1.807) is 6.08 Å². The molecular formula is C59H116N2O6P+. The topological polar surface area (TPSA) is 105 Å². The minimum absolute atomic E-state index is 0.0568. The van der Waals surface area contributed by atoms with Crippen LogP contribution in [0, 0.1) is 0 Å². The summed E-state index contributed by atoms with van der Waals surface area (Å²) >= 11 is 0. The number of unbranched alkanes of at least 4 members (excludes halogenated alkanes) is 37. The highest BCUT2D eigenvalue weighted by Gasteiger charge is 2.27. The van der Waals surface area contributed by atoms with Crippen molar-refractivity contribution in [1.29, 1.82) is 0 Å². The Morgan fingerprint density at radius 2 is 0.809 bits per heavy atom. The molecule has 402 valence electrons. The predicted molar refractivity (Wildman–Crippen MR) is 295 cm³/mol.